The van der Waals surface area contributed by atoms with Crippen molar-refractivity contribution in [1.29, 1.82) is 0 Å². The van der Waals surface area contributed by atoms with Crippen LogP contribution >= 0.6 is 0 Å². The number of carbonyl (C=O) groups is 2. The zero-order valence-corrected chi connectivity index (χ0v) is 20.8. The van der Waals surface area contributed by atoms with E-state index in [1.165, 1.54) is 17.0 Å². The SMILES string of the molecule is CNCCN(Cc1ccccc1C(F)(F)F)C(=O)CNc1cccc2c1CCN(C(=O)OC(C)C)C2. The first-order valence-electron chi connectivity index (χ1n) is 12.0. The second kappa shape index (κ2) is 12.1. The number of anilines is 1. The summed E-state index contributed by atoms with van der Waals surface area (Å²) in [4.78, 5) is 28.4. The highest BCUT2D eigenvalue weighted by molar-refractivity contribution is 5.81. The molecule has 0 saturated carbocycles. The predicted molar refractivity (Wildman–Crippen MR) is 131 cm³/mol. The standard InChI is InChI=1S/C26H33F3N4O3/c1-18(2)36-25(35)33-13-11-21-19(16-33)8-6-10-23(21)31-15-24(34)32(14-12-30-3)17-20-7-4-5-9-22(20)26(27,28)29/h4-10,18,30-31H,11-17H2,1-3H3. The molecule has 196 valence electrons. The first-order chi connectivity index (χ1) is 17.1. The number of halogens is 3. The summed E-state index contributed by atoms with van der Waals surface area (Å²) in [6.45, 7) is 5.02. The number of ether oxygens (including phenoxy) is 1. The number of nitrogens with zero attached hydrogens (tertiary/aromatic N) is 2. The monoisotopic (exact) mass is 506 g/mol. The fraction of sp³-hybridized carbons (Fsp3) is 0.462. The Balaban J connectivity index is 1.70. The summed E-state index contributed by atoms with van der Waals surface area (Å²) in [6, 6.07) is 11.0. The van der Waals surface area contributed by atoms with Crippen molar-refractivity contribution >= 4 is 17.7 Å². The Bertz CT molecular complexity index is 1060. The van der Waals surface area contributed by atoms with Gasteiger partial charge in [-0.3, -0.25) is 4.79 Å². The van der Waals surface area contributed by atoms with Gasteiger partial charge in [-0.15, -0.1) is 0 Å². The number of hydrogen-bond donors (Lipinski definition) is 2. The van der Waals surface area contributed by atoms with Gasteiger partial charge in [-0.05, 0) is 56.1 Å². The number of carbonyl (C=O) groups excluding carboxylic acids is 2. The van der Waals surface area contributed by atoms with E-state index in [1.54, 1.807) is 31.9 Å². The third-order valence-electron chi connectivity index (χ3n) is 5.96. The van der Waals surface area contributed by atoms with E-state index in [-0.39, 0.29) is 43.3 Å². The fourth-order valence-corrected chi connectivity index (χ4v) is 4.17. The number of fused-ring (bicyclic) bond motifs is 1. The van der Waals surface area contributed by atoms with Crippen molar-refractivity contribution in [2.24, 2.45) is 0 Å². The topological polar surface area (TPSA) is 73.9 Å². The smallest absolute Gasteiger partial charge is 0.416 e. The zero-order chi connectivity index (χ0) is 26.3. The first kappa shape index (κ1) is 27.3. The molecule has 0 spiro atoms. The molecule has 0 bridgehead atoms. The Morgan fingerprint density at radius 2 is 1.89 bits per heavy atom. The molecule has 1 heterocycles. The van der Waals surface area contributed by atoms with E-state index in [0.29, 0.717) is 26.1 Å². The van der Waals surface area contributed by atoms with Crippen LogP contribution in [0.15, 0.2) is 42.5 Å². The van der Waals surface area contributed by atoms with Crippen LogP contribution in [0.2, 0.25) is 0 Å². The lowest BCUT2D eigenvalue weighted by Crippen LogP contribution is -2.40. The lowest BCUT2D eigenvalue weighted by atomic mass is 9.98. The Hall–Kier alpha value is -3.27. The minimum Gasteiger partial charge on any atom is -0.447 e. The van der Waals surface area contributed by atoms with Gasteiger partial charge in [0.25, 0.3) is 0 Å². The lowest BCUT2D eigenvalue weighted by molar-refractivity contribution is -0.139. The predicted octanol–water partition coefficient (Wildman–Crippen LogP) is 4.27. The van der Waals surface area contributed by atoms with Gasteiger partial charge in [-0.25, -0.2) is 4.79 Å². The summed E-state index contributed by atoms with van der Waals surface area (Å²) in [7, 11) is 1.72. The molecule has 0 aliphatic carbocycles. The third-order valence-corrected chi connectivity index (χ3v) is 5.96. The van der Waals surface area contributed by atoms with Crippen LogP contribution in [0, 0.1) is 0 Å². The quantitative estimate of drug-likeness (QED) is 0.532. The number of rotatable bonds is 9. The molecule has 2 aromatic carbocycles. The molecule has 0 unspecified atom stereocenters. The normalized spacial score (nSPS) is 13.4. The van der Waals surface area contributed by atoms with Gasteiger partial charge in [-0.2, -0.15) is 13.2 Å². The highest BCUT2D eigenvalue weighted by Crippen LogP contribution is 2.32. The Labute approximate surface area is 209 Å². The largest absolute Gasteiger partial charge is 0.447 e. The van der Waals surface area contributed by atoms with E-state index in [0.717, 1.165) is 22.9 Å². The molecule has 0 radical (unpaired) electrons. The fourth-order valence-electron chi connectivity index (χ4n) is 4.17. The van der Waals surface area contributed by atoms with Gasteiger partial charge >= 0.3 is 12.3 Å². The molecule has 2 N–H and O–H groups in total. The van der Waals surface area contributed by atoms with Gasteiger partial charge in [0.05, 0.1) is 18.2 Å². The molecule has 10 heteroatoms. The second-order valence-corrected chi connectivity index (χ2v) is 8.97. The van der Waals surface area contributed by atoms with Gasteiger partial charge in [0.2, 0.25) is 5.91 Å². The van der Waals surface area contributed by atoms with Crippen LogP contribution in [0.4, 0.5) is 23.7 Å². The Morgan fingerprint density at radius 3 is 2.58 bits per heavy atom. The average Bonchev–Trinajstić information content (AvgIpc) is 2.83. The van der Waals surface area contributed by atoms with Crippen LogP contribution in [-0.4, -0.2) is 61.1 Å². The van der Waals surface area contributed by atoms with E-state index >= 15 is 0 Å². The van der Waals surface area contributed by atoms with Crippen LogP contribution in [0.5, 0.6) is 0 Å². The van der Waals surface area contributed by atoms with Gasteiger partial charge in [-0.1, -0.05) is 30.3 Å². The van der Waals surface area contributed by atoms with Crippen molar-refractivity contribution in [3.63, 3.8) is 0 Å². The van der Waals surface area contributed by atoms with Crippen molar-refractivity contribution in [3.05, 3.63) is 64.7 Å². The number of likely N-dealkylation sites (N-methyl/N-ethyl adjacent to an activating group) is 1. The molecule has 2 amide bonds. The molecule has 1 aliphatic heterocycles. The van der Waals surface area contributed by atoms with Gasteiger partial charge in [0, 0.05) is 38.4 Å². The minimum atomic E-state index is -4.49. The summed E-state index contributed by atoms with van der Waals surface area (Å²) < 4.78 is 45.7. The molecule has 2 aromatic rings. The molecule has 7 nitrogen and oxygen atoms in total. The highest BCUT2D eigenvalue weighted by Gasteiger charge is 2.33. The minimum absolute atomic E-state index is 0.0555. The molecule has 0 atom stereocenters. The average molecular weight is 507 g/mol. The molecule has 36 heavy (non-hydrogen) atoms. The summed E-state index contributed by atoms with van der Waals surface area (Å²) in [5.74, 6) is -0.308. The van der Waals surface area contributed by atoms with Crippen LogP contribution in [0.25, 0.3) is 0 Å². The van der Waals surface area contributed by atoms with Gasteiger partial charge in [0.15, 0.2) is 0 Å². The van der Waals surface area contributed by atoms with E-state index in [2.05, 4.69) is 10.6 Å². The summed E-state index contributed by atoms with van der Waals surface area (Å²) in [6.07, 6.45) is -4.46. The van der Waals surface area contributed by atoms with E-state index < -0.39 is 11.7 Å². The summed E-state index contributed by atoms with van der Waals surface area (Å²) in [5.41, 5.74) is 2.08. The van der Waals surface area contributed by atoms with Crippen molar-refractivity contribution in [2.75, 3.05) is 38.5 Å². The van der Waals surface area contributed by atoms with Crippen molar-refractivity contribution < 1.29 is 27.5 Å². The maximum atomic E-state index is 13.5. The number of alkyl halides is 3. The van der Waals surface area contributed by atoms with Gasteiger partial charge < -0.3 is 25.2 Å². The molecular formula is C26H33F3N4O3. The maximum absolute atomic E-state index is 13.5. The molecule has 1 aliphatic rings. The molecule has 0 fully saturated rings. The molecule has 0 aromatic heterocycles. The van der Waals surface area contributed by atoms with Crippen LogP contribution < -0.4 is 10.6 Å². The molecular weight excluding hydrogens is 473 g/mol. The van der Waals surface area contributed by atoms with Crippen molar-refractivity contribution in [3.8, 4) is 0 Å². The Morgan fingerprint density at radius 1 is 1.14 bits per heavy atom. The van der Waals surface area contributed by atoms with E-state index in [9.17, 15) is 22.8 Å². The molecule has 0 saturated heterocycles. The third kappa shape index (κ3) is 7.13. The second-order valence-electron chi connectivity index (χ2n) is 8.97. The number of hydrogen-bond acceptors (Lipinski definition) is 5. The van der Waals surface area contributed by atoms with Crippen molar-refractivity contribution in [1.82, 2.24) is 15.1 Å². The lowest BCUT2D eigenvalue weighted by Gasteiger charge is -2.30. The zero-order valence-electron chi connectivity index (χ0n) is 20.8. The maximum Gasteiger partial charge on any atom is 0.416 e. The van der Waals surface area contributed by atoms with Crippen LogP contribution in [0.3, 0.4) is 0 Å². The van der Waals surface area contributed by atoms with E-state index in [4.69, 9.17) is 4.74 Å². The summed E-state index contributed by atoms with van der Waals surface area (Å²) in [5, 5.41) is 6.11. The molecule has 3 rings (SSSR count). The van der Waals surface area contributed by atoms with Crippen LogP contribution in [0.1, 0.15) is 36.1 Å². The van der Waals surface area contributed by atoms with Crippen molar-refractivity contribution in [2.45, 2.75) is 45.6 Å². The number of amides is 2. The van der Waals surface area contributed by atoms with Crippen LogP contribution in [-0.2, 0) is 35.2 Å². The van der Waals surface area contributed by atoms with Gasteiger partial charge in [0.1, 0.15) is 0 Å². The Kier molecular flexibility index (Phi) is 9.19. The number of benzene rings is 2. The first-order valence-corrected chi connectivity index (χ1v) is 12.0. The highest BCUT2D eigenvalue weighted by atomic mass is 19.4. The summed E-state index contributed by atoms with van der Waals surface area (Å²) >= 11 is 0. The number of nitrogens with one attached hydrogen (secondary N) is 2. The van der Waals surface area contributed by atoms with E-state index in [1.807, 2.05) is 18.2 Å².